The Kier molecular flexibility index (Phi) is 4.09. The SMILES string of the molecule is COc1cc(-c2c[nH]n(-c3ccc(C(=O)O)cn3)c2=O)ccc1Cl. The number of aromatic carboxylic acids is 1. The fourth-order valence-electron chi connectivity index (χ4n) is 2.22. The molecule has 0 atom stereocenters. The lowest BCUT2D eigenvalue weighted by atomic mass is 10.1. The van der Waals surface area contributed by atoms with Gasteiger partial charge in [0.05, 0.1) is 23.3 Å². The number of methoxy groups -OCH3 is 1. The molecule has 2 N–H and O–H groups in total. The van der Waals surface area contributed by atoms with Crippen molar-refractivity contribution in [1.82, 2.24) is 14.8 Å². The Bertz CT molecular complexity index is 960. The van der Waals surface area contributed by atoms with Crippen LogP contribution in [0.15, 0.2) is 47.5 Å². The van der Waals surface area contributed by atoms with Crippen LogP contribution in [0.4, 0.5) is 0 Å². The van der Waals surface area contributed by atoms with Gasteiger partial charge in [-0.15, -0.1) is 0 Å². The Morgan fingerprint density at radius 3 is 2.75 bits per heavy atom. The molecule has 7 nitrogen and oxygen atoms in total. The second-order valence-corrected chi connectivity index (χ2v) is 5.29. The van der Waals surface area contributed by atoms with E-state index in [0.717, 1.165) is 0 Å². The number of ether oxygens (including phenoxy) is 1. The predicted octanol–water partition coefficient (Wildman–Crippen LogP) is 2.59. The average Bonchev–Trinajstić information content (AvgIpc) is 2.97. The summed E-state index contributed by atoms with van der Waals surface area (Å²) in [5.41, 5.74) is 0.767. The minimum absolute atomic E-state index is 0.0426. The maximum atomic E-state index is 12.6. The van der Waals surface area contributed by atoms with Crippen LogP contribution in [-0.2, 0) is 0 Å². The molecule has 0 aliphatic carbocycles. The third kappa shape index (κ3) is 2.77. The van der Waals surface area contributed by atoms with Gasteiger partial charge in [-0.25, -0.2) is 14.5 Å². The molecule has 2 aromatic heterocycles. The number of halogens is 1. The van der Waals surface area contributed by atoms with Crippen molar-refractivity contribution in [2.24, 2.45) is 0 Å². The highest BCUT2D eigenvalue weighted by Gasteiger charge is 2.13. The first-order chi connectivity index (χ1) is 11.5. The maximum absolute atomic E-state index is 12.6. The highest BCUT2D eigenvalue weighted by molar-refractivity contribution is 6.32. The number of nitrogens with zero attached hydrogens (tertiary/aromatic N) is 2. The summed E-state index contributed by atoms with van der Waals surface area (Å²) in [6.45, 7) is 0. The molecule has 0 unspecified atom stereocenters. The maximum Gasteiger partial charge on any atom is 0.337 e. The molecule has 0 spiro atoms. The molecule has 2 heterocycles. The molecule has 3 aromatic rings. The number of H-pyrrole nitrogens is 1. The van der Waals surface area contributed by atoms with Gasteiger partial charge in [0.25, 0.3) is 5.56 Å². The number of aromatic amines is 1. The number of nitrogens with one attached hydrogen (secondary N) is 1. The van der Waals surface area contributed by atoms with Crippen molar-refractivity contribution in [3.05, 3.63) is 63.7 Å². The minimum atomic E-state index is -1.08. The van der Waals surface area contributed by atoms with E-state index in [0.29, 0.717) is 21.9 Å². The van der Waals surface area contributed by atoms with Gasteiger partial charge in [0.15, 0.2) is 5.82 Å². The van der Waals surface area contributed by atoms with E-state index in [-0.39, 0.29) is 16.9 Å². The van der Waals surface area contributed by atoms with Crippen LogP contribution in [0, 0.1) is 0 Å². The van der Waals surface area contributed by atoms with E-state index >= 15 is 0 Å². The normalized spacial score (nSPS) is 10.6. The number of carbonyl (C=O) groups is 1. The Morgan fingerprint density at radius 1 is 1.33 bits per heavy atom. The lowest BCUT2D eigenvalue weighted by molar-refractivity contribution is 0.0696. The van der Waals surface area contributed by atoms with Crippen LogP contribution in [0.2, 0.25) is 5.02 Å². The Morgan fingerprint density at radius 2 is 2.12 bits per heavy atom. The van der Waals surface area contributed by atoms with Crippen LogP contribution < -0.4 is 10.3 Å². The molecule has 0 radical (unpaired) electrons. The number of rotatable bonds is 4. The van der Waals surface area contributed by atoms with Gasteiger partial charge in [-0.05, 0) is 29.8 Å². The summed E-state index contributed by atoms with van der Waals surface area (Å²) >= 11 is 5.99. The van der Waals surface area contributed by atoms with Crippen LogP contribution >= 0.6 is 11.6 Å². The summed E-state index contributed by atoms with van der Waals surface area (Å²) in [5, 5.41) is 12.1. The van der Waals surface area contributed by atoms with Gasteiger partial charge in [-0.1, -0.05) is 17.7 Å². The Balaban J connectivity index is 2.03. The standard InChI is InChI=1S/C16H12ClN3O4/c1-24-13-6-9(2-4-12(13)17)11-8-19-20(15(11)21)14-5-3-10(7-18-14)16(22)23/h2-8,19H,1H3,(H,22,23). The van der Waals surface area contributed by atoms with E-state index in [9.17, 15) is 9.59 Å². The van der Waals surface area contributed by atoms with Crippen molar-refractivity contribution in [3.8, 4) is 22.7 Å². The van der Waals surface area contributed by atoms with Crippen LogP contribution in [-0.4, -0.2) is 33.0 Å². The summed E-state index contributed by atoms with van der Waals surface area (Å²) in [6.07, 6.45) is 2.73. The molecule has 0 bridgehead atoms. The molecule has 1 aromatic carbocycles. The zero-order valence-corrected chi connectivity index (χ0v) is 13.2. The molecule has 0 fully saturated rings. The molecule has 0 saturated carbocycles. The first-order valence-corrected chi connectivity index (χ1v) is 7.23. The minimum Gasteiger partial charge on any atom is -0.495 e. The van der Waals surface area contributed by atoms with Crippen molar-refractivity contribution in [3.63, 3.8) is 0 Å². The molecular weight excluding hydrogens is 334 g/mol. The molecule has 122 valence electrons. The van der Waals surface area contributed by atoms with Crippen molar-refractivity contribution in [2.75, 3.05) is 7.11 Å². The van der Waals surface area contributed by atoms with E-state index in [4.69, 9.17) is 21.4 Å². The van der Waals surface area contributed by atoms with E-state index in [1.165, 1.54) is 36.3 Å². The monoisotopic (exact) mass is 345 g/mol. The molecule has 0 aliphatic heterocycles. The molecule has 0 amide bonds. The van der Waals surface area contributed by atoms with Crippen molar-refractivity contribution < 1.29 is 14.6 Å². The van der Waals surface area contributed by atoms with Gasteiger partial charge in [0.2, 0.25) is 0 Å². The number of aromatic nitrogens is 3. The summed E-state index contributed by atoms with van der Waals surface area (Å²) in [5.74, 6) is -0.329. The first kappa shape index (κ1) is 15.8. The van der Waals surface area contributed by atoms with E-state index in [1.807, 2.05) is 0 Å². The van der Waals surface area contributed by atoms with E-state index in [2.05, 4.69) is 10.1 Å². The molecule has 3 rings (SSSR count). The van der Waals surface area contributed by atoms with E-state index in [1.54, 1.807) is 18.2 Å². The zero-order chi connectivity index (χ0) is 17.3. The second kappa shape index (κ2) is 6.21. The summed E-state index contributed by atoms with van der Waals surface area (Å²) in [4.78, 5) is 27.4. The van der Waals surface area contributed by atoms with Gasteiger partial charge in [-0.2, -0.15) is 0 Å². The molecule has 24 heavy (non-hydrogen) atoms. The second-order valence-electron chi connectivity index (χ2n) is 4.89. The third-order valence-corrected chi connectivity index (χ3v) is 3.77. The summed E-state index contributed by atoms with van der Waals surface area (Å²) in [7, 11) is 1.49. The molecule has 0 saturated heterocycles. The highest BCUT2D eigenvalue weighted by atomic mass is 35.5. The predicted molar refractivity (Wildman–Crippen MR) is 88.1 cm³/mol. The van der Waals surface area contributed by atoms with Crippen molar-refractivity contribution in [2.45, 2.75) is 0 Å². The van der Waals surface area contributed by atoms with E-state index < -0.39 is 5.97 Å². The van der Waals surface area contributed by atoms with Crippen LogP contribution in [0.3, 0.4) is 0 Å². The largest absolute Gasteiger partial charge is 0.495 e. The van der Waals surface area contributed by atoms with Gasteiger partial charge in [0.1, 0.15) is 5.75 Å². The molecule has 8 heteroatoms. The number of carboxylic acid groups (broad SMARTS) is 1. The molecule has 0 aliphatic rings. The fourth-order valence-corrected chi connectivity index (χ4v) is 2.41. The Labute approximate surface area is 141 Å². The Hall–Kier alpha value is -3.06. The fraction of sp³-hybridized carbons (Fsp3) is 0.0625. The smallest absolute Gasteiger partial charge is 0.337 e. The van der Waals surface area contributed by atoms with Gasteiger partial charge < -0.3 is 9.84 Å². The van der Waals surface area contributed by atoms with Crippen molar-refractivity contribution in [1.29, 1.82) is 0 Å². The van der Waals surface area contributed by atoms with Crippen LogP contribution in [0.1, 0.15) is 10.4 Å². The summed E-state index contributed by atoms with van der Waals surface area (Å²) in [6, 6.07) is 7.85. The van der Waals surface area contributed by atoms with Crippen LogP contribution in [0.5, 0.6) is 5.75 Å². The quantitative estimate of drug-likeness (QED) is 0.757. The lowest BCUT2D eigenvalue weighted by Crippen LogP contribution is -2.17. The summed E-state index contributed by atoms with van der Waals surface area (Å²) < 4.78 is 6.38. The average molecular weight is 346 g/mol. The first-order valence-electron chi connectivity index (χ1n) is 6.85. The lowest BCUT2D eigenvalue weighted by Gasteiger charge is -2.04. The third-order valence-electron chi connectivity index (χ3n) is 3.46. The number of carboxylic acids is 1. The number of benzene rings is 1. The van der Waals surface area contributed by atoms with Gasteiger partial charge in [-0.3, -0.25) is 9.89 Å². The number of pyridine rings is 1. The highest BCUT2D eigenvalue weighted by Crippen LogP contribution is 2.29. The zero-order valence-electron chi connectivity index (χ0n) is 12.5. The van der Waals surface area contributed by atoms with Crippen LogP contribution in [0.25, 0.3) is 16.9 Å². The van der Waals surface area contributed by atoms with Gasteiger partial charge in [0, 0.05) is 12.4 Å². The topological polar surface area (TPSA) is 97.2 Å². The molecular formula is C16H12ClN3O4. The van der Waals surface area contributed by atoms with Gasteiger partial charge >= 0.3 is 5.97 Å². The number of hydrogen-bond acceptors (Lipinski definition) is 4. The number of hydrogen-bond donors (Lipinski definition) is 2. The van der Waals surface area contributed by atoms with Crippen molar-refractivity contribution >= 4 is 17.6 Å².